The number of ether oxygens (including phenoxy) is 5. The molecule has 1 unspecified atom stereocenters. The molecule has 0 amide bonds. The summed E-state index contributed by atoms with van der Waals surface area (Å²) in [5, 5.41) is 133. The van der Waals surface area contributed by atoms with Gasteiger partial charge in [0.05, 0.1) is 38.6 Å². The lowest BCUT2D eigenvalue weighted by molar-refractivity contribution is -0.393. The molecule has 0 spiro atoms. The van der Waals surface area contributed by atoms with Crippen molar-refractivity contribution >= 4 is 19.8 Å². The molecule has 16 N–H and O–H groups in total. The number of aliphatic hydroxyl groups is 11. The summed E-state index contributed by atoms with van der Waals surface area (Å²) in [5.41, 5.74) is 5.22. The van der Waals surface area contributed by atoms with Gasteiger partial charge in [-0.1, -0.05) is 0 Å². The molecule has 3 aliphatic heterocycles. The number of phosphoric acid groups is 1. The maximum Gasteiger partial charge on any atom is 0.472 e. The summed E-state index contributed by atoms with van der Waals surface area (Å²) >= 11 is 0. The molecule has 3 rings (SSSR count). The maximum atomic E-state index is 12.8. The Bertz CT molecular complexity index is 1220. The van der Waals surface area contributed by atoms with E-state index in [4.69, 9.17) is 33.9 Å². The minimum atomic E-state index is -5.10. The Labute approximate surface area is 287 Å². The van der Waals surface area contributed by atoms with Crippen molar-refractivity contribution in [3.8, 4) is 0 Å². The van der Waals surface area contributed by atoms with Crippen molar-refractivity contribution < 1.29 is 118 Å². The zero-order valence-corrected chi connectivity index (χ0v) is 27.3. The molecule has 17 atom stereocenters. The topological polar surface area (TPSA) is 425 Å². The molecule has 0 bridgehead atoms. The zero-order valence-electron chi connectivity index (χ0n) is 26.4. The van der Waals surface area contributed by atoms with Gasteiger partial charge in [0, 0.05) is 19.4 Å². The molecular weight excluding hydrogens is 729 g/mol. The Hall–Kier alpha value is -1.63. The average Bonchev–Trinajstić information content (AvgIpc) is 3.08. The highest BCUT2D eigenvalue weighted by Gasteiger charge is 2.62. The fraction of sp³-hybridized carbons (Fsp3) is 0.920. The second-order valence-electron chi connectivity index (χ2n) is 11.9. The third-order valence-corrected chi connectivity index (χ3v) is 9.30. The van der Waals surface area contributed by atoms with Gasteiger partial charge in [-0.25, -0.2) is 14.2 Å². The van der Waals surface area contributed by atoms with Crippen molar-refractivity contribution in [1.82, 2.24) is 0 Å². The van der Waals surface area contributed by atoms with Gasteiger partial charge in [0.15, 0.2) is 6.29 Å². The molecule has 298 valence electrons. The number of nitrogens with two attached hydrogens (primary N) is 1. The van der Waals surface area contributed by atoms with E-state index in [-0.39, 0.29) is 6.54 Å². The third-order valence-electron chi connectivity index (χ3n) is 8.25. The smallest absolute Gasteiger partial charge is 0.472 e. The van der Waals surface area contributed by atoms with E-state index in [2.05, 4.69) is 4.52 Å². The lowest BCUT2D eigenvalue weighted by Crippen LogP contribution is -2.69. The fourth-order valence-electron chi connectivity index (χ4n) is 5.64. The van der Waals surface area contributed by atoms with E-state index in [1.165, 1.54) is 0 Å². The second kappa shape index (κ2) is 17.7. The number of carboxylic acids is 2. The van der Waals surface area contributed by atoms with Crippen molar-refractivity contribution in [1.29, 1.82) is 0 Å². The SMILES string of the molecule is NCCOP(=O)(O)O[C@H](CO)[C@H]1O[C@@](O[C@@H]2C[C@](O)(C(=O)O)O[C@H]([C@H](O)CO)[C@@H]2O[C@H]2O[C@H]([C@@H](O)CO)[C@@H](O)[C@H](O)[C@@H]2O)(C(=O)O)C[C@@H](O)[C@H]1O. The predicted molar refractivity (Wildman–Crippen MR) is 153 cm³/mol. The first kappa shape index (κ1) is 43.8. The van der Waals surface area contributed by atoms with Gasteiger partial charge in [-0.3, -0.25) is 9.05 Å². The highest BCUT2D eigenvalue weighted by Crippen LogP contribution is 2.47. The van der Waals surface area contributed by atoms with E-state index in [9.17, 15) is 85.4 Å². The first-order valence-electron chi connectivity index (χ1n) is 15.2. The Balaban J connectivity index is 2.09. The summed E-state index contributed by atoms with van der Waals surface area (Å²) in [6, 6.07) is 0. The van der Waals surface area contributed by atoms with E-state index < -0.39 is 156 Å². The molecule has 25 nitrogen and oxygen atoms in total. The maximum absolute atomic E-state index is 12.8. The summed E-state index contributed by atoms with van der Waals surface area (Å²) in [7, 11) is -5.10. The van der Waals surface area contributed by atoms with Gasteiger partial charge in [-0.05, 0) is 0 Å². The van der Waals surface area contributed by atoms with Crippen LogP contribution in [0.3, 0.4) is 0 Å². The van der Waals surface area contributed by atoms with Crippen LogP contribution in [0.5, 0.6) is 0 Å². The summed E-state index contributed by atoms with van der Waals surface area (Å²) in [6.45, 7) is -4.42. The number of carboxylic acid groups (broad SMARTS) is 2. The van der Waals surface area contributed by atoms with Crippen LogP contribution >= 0.6 is 7.82 Å². The van der Waals surface area contributed by atoms with E-state index in [0.29, 0.717) is 0 Å². The normalized spacial score (nSPS) is 42.0. The van der Waals surface area contributed by atoms with Gasteiger partial charge in [-0.15, -0.1) is 0 Å². The largest absolute Gasteiger partial charge is 0.477 e. The van der Waals surface area contributed by atoms with Gasteiger partial charge in [0.25, 0.3) is 11.6 Å². The molecular formula is C25H44NO24P. The minimum Gasteiger partial charge on any atom is -0.477 e. The first-order chi connectivity index (χ1) is 23.7. The molecule has 26 heteroatoms. The molecule has 3 saturated heterocycles. The summed E-state index contributed by atoms with van der Waals surface area (Å²) in [5.74, 6) is -11.0. The molecule has 51 heavy (non-hydrogen) atoms. The molecule has 0 saturated carbocycles. The molecule has 3 fully saturated rings. The van der Waals surface area contributed by atoms with Gasteiger partial charge in [0.2, 0.25) is 0 Å². The quantitative estimate of drug-likeness (QED) is 0.0610. The van der Waals surface area contributed by atoms with Crippen molar-refractivity contribution in [3.63, 3.8) is 0 Å². The minimum absolute atomic E-state index is 0.275. The number of aliphatic hydroxyl groups excluding tert-OH is 10. The van der Waals surface area contributed by atoms with Crippen LogP contribution in [0, 0.1) is 0 Å². The molecule has 0 radical (unpaired) electrons. The Morgan fingerprint density at radius 1 is 0.843 bits per heavy atom. The number of carbonyl (C=O) groups is 2. The Morgan fingerprint density at radius 2 is 1.45 bits per heavy atom. The molecule has 3 heterocycles. The molecule has 0 aromatic heterocycles. The van der Waals surface area contributed by atoms with Crippen LogP contribution in [0.4, 0.5) is 0 Å². The number of phosphoric ester groups is 1. The van der Waals surface area contributed by atoms with Crippen LogP contribution in [0.2, 0.25) is 0 Å². The number of rotatable bonds is 17. The molecule has 0 aromatic carbocycles. The second-order valence-corrected chi connectivity index (χ2v) is 13.3. The van der Waals surface area contributed by atoms with Crippen molar-refractivity contribution in [2.24, 2.45) is 5.73 Å². The average molecular weight is 774 g/mol. The number of aliphatic carboxylic acids is 2. The van der Waals surface area contributed by atoms with E-state index in [1.54, 1.807) is 0 Å². The van der Waals surface area contributed by atoms with Crippen LogP contribution in [0.25, 0.3) is 0 Å². The van der Waals surface area contributed by atoms with Gasteiger partial charge in [-0.2, -0.15) is 0 Å². The van der Waals surface area contributed by atoms with Gasteiger partial charge in [0.1, 0.15) is 67.1 Å². The summed E-state index contributed by atoms with van der Waals surface area (Å²) in [4.78, 5) is 34.9. The highest BCUT2D eigenvalue weighted by molar-refractivity contribution is 7.47. The molecule has 0 aromatic rings. The van der Waals surface area contributed by atoms with E-state index in [1.807, 2.05) is 0 Å². The first-order valence-corrected chi connectivity index (χ1v) is 16.7. The van der Waals surface area contributed by atoms with Crippen molar-refractivity contribution in [3.05, 3.63) is 0 Å². The Morgan fingerprint density at radius 3 is 1.98 bits per heavy atom. The standard InChI is InChI=1S/C25H44NO24P/c26-1-2-44-51(42,43)50-12(7-29)19-13(33)8(30)3-25(49-19,23(39)40)47-11-4-24(41,22(37)38)48-18(10(32)6-28)20(11)46-21-16(36)14(34)15(35)17(45-21)9(31)5-27/h8-21,27-36,41H,1-7,26H2,(H,37,38)(H,39,40)(H,42,43)/t8-,9+,10-,11-,12-,13-,14+,15+,16+,17-,18-,19-,20-,21-,24-,25-/m1/s1. The van der Waals surface area contributed by atoms with Crippen LogP contribution in [0.15, 0.2) is 0 Å². The van der Waals surface area contributed by atoms with Crippen LogP contribution in [0.1, 0.15) is 12.8 Å². The lowest BCUT2D eigenvalue weighted by atomic mass is 9.89. The van der Waals surface area contributed by atoms with Crippen LogP contribution < -0.4 is 5.73 Å². The Kier molecular flexibility index (Phi) is 15.2. The zero-order chi connectivity index (χ0) is 38.6. The van der Waals surface area contributed by atoms with E-state index in [0.717, 1.165) is 0 Å². The van der Waals surface area contributed by atoms with Gasteiger partial charge >= 0.3 is 19.8 Å². The monoisotopic (exact) mass is 773 g/mol. The molecule has 3 aliphatic rings. The van der Waals surface area contributed by atoms with Crippen LogP contribution in [-0.4, -0.2) is 213 Å². The van der Waals surface area contributed by atoms with Crippen molar-refractivity contribution in [2.45, 2.75) is 110 Å². The predicted octanol–water partition coefficient (Wildman–Crippen LogP) is -8.42. The van der Waals surface area contributed by atoms with Gasteiger partial charge < -0.3 is 101 Å². The fourth-order valence-corrected chi connectivity index (χ4v) is 6.57. The molecule has 0 aliphatic carbocycles. The lowest BCUT2D eigenvalue weighted by Gasteiger charge is -2.51. The summed E-state index contributed by atoms with van der Waals surface area (Å²) in [6.07, 6.45) is -32.7. The highest BCUT2D eigenvalue weighted by atomic mass is 31.2. The van der Waals surface area contributed by atoms with Crippen LogP contribution in [-0.2, 0) is 46.9 Å². The van der Waals surface area contributed by atoms with Crippen molar-refractivity contribution in [2.75, 3.05) is 33.0 Å². The number of hydrogen-bond acceptors (Lipinski definition) is 22. The summed E-state index contributed by atoms with van der Waals surface area (Å²) < 4.78 is 48.9. The third kappa shape index (κ3) is 9.73. The number of hydrogen-bond donors (Lipinski definition) is 15. The van der Waals surface area contributed by atoms with E-state index >= 15 is 0 Å².